The van der Waals surface area contributed by atoms with E-state index in [1.807, 2.05) is 0 Å². The van der Waals surface area contributed by atoms with Crippen molar-refractivity contribution in [2.45, 2.75) is 26.7 Å². The molecular weight excluding hydrogens is 556 g/mol. The Hall–Kier alpha value is -3.68. The Morgan fingerprint density at radius 3 is 1.41 bits per heavy atom. The van der Waals surface area contributed by atoms with Crippen LogP contribution in [0, 0.1) is 13.8 Å². The van der Waals surface area contributed by atoms with Crippen LogP contribution >= 0.6 is 0 Å². The zero-order valence-corrected chi connectivity index (χ0v) is 24.9. The van der Waals surface area contributed by atoms with Gasteiger partial charge < -0.3 is 0 Å². The summed E-state index contributed by atoms with van der Waals surface area (Å²) in [5.41, 5.74) is 6.95. The van der Waals surface area contributed by atoms with Crippen LogP contribution in [0.3, 0.4) is 0 Å². The van der Waals surface area contributed by atoms with Crippen molar-refractivity contribution in [1.29, 1.82) is 0 Å². The number of para-hydroxylation sites is 2. The molecule has 0 radical (unpaired) electrons. The molecule has 2 aliphatic carbocycles. The maximum atomic E-state index is 7.39. The van der Waals surface area contributed by atoms with E-state index in [0.29, 0.717) is 0 Å². The molecule has 0 aromatic heterocycles. The summed E-state index contributed by atoms with van der Waals surface area (Å²) in [4.78, 5) is 0. The van der Waals surface area contributed by atoms with Crippen molar-refractivity contribution in [3.8, 4) is 33.8 Å². The zero-order valence-electron chi connectivity index (χ0n) is 22.4. The van der Waals surface area contributed by atoms with Crippen molar-refractivity contribution in [2.75, 3.05) is 0 Å². The fourth-order valence-corrected chi connectivity index (χ4v) is 13.6. The van der Waals surface area contributed by atoms with E-state index in [4.69, 9.17) is 5.63 Å². The van der Waals surface area contributed by atoms with Crippen LogP contribution in [0.5, 0.6) is 11.5 Å². The Bertz CT molecular complexity index is 1520. The molecule has 0 saturated carbocycles. The van der Waals surface area contributed by atoms with Gasteiger partial charge in [0, 0.05) is 0 Å². The average molecular weight is 588 g/mol. The summed E-state index contributed by atoms with van der Waals surface area (Å²) in [5.74, 6) is 1.76. The fraction of sp³-hybridized carbons (Fsp3) is 0.111. The summed E-state index contributed by atoms with van der Waals surface area (Å²) in [6.07, 6.45) is 14.9. The topological polar surface area (TPSA) is 18.5 Å². The van der Waals surface area contributed by atoms with Crippen LogP contribution in [0.15, 0.2) is 140 Å². The van der Waals surface area contributed by atoms with Crippen LogP contribution in [-0.2, 0) is 21.1 Å². The summed E-state index contributed by atoms with van der Waals surface area (Å²) >= 11 is -4.23. The molecule has 0 heterocycles. The van der Waals surface area contributed by atoms with Crippen LogP contribution in [-0.4, -0.2) is 0 Å². The molecule has 0 spiro atoms. The minimum absolute atomic E-state index is 0.854. The van der Waals surface area contributed by atoms with Gasteiger partial charge in [-0.2, -0.15) is 0 Å². The average Bonchev–Trinajstić information content (AvgIpc) is 3.69. The van der Waals surface area contributed by atoms with E-state index >= 15 is 0 Å². The minimum atomic E-state index is -4.23. The van der Waals surface area contributed by atoms with Gasteiger partial charge in [-0.3, -0.25) is 0 Å². The van der Waals surface area contributed by atoms with E-state index in [9.17, 15) is 0 Å². The summed E-state index contributed by atoms with van der Waals surface area (Å²) in [5, 5.41) is 0. The molecule has 4 aromatic carbocycles. The van der Waals surface area contributed by atoms with Gasteiger partial charge in [0.15, 0.2) is 0 Å². The third kappa shape index (κ3) is 5.29. The van der Waals surface area contributed by atoms with Crippen LogP contribution < -0.4 is 5.63 Å². The monoisotopic (exact) mass is 586 g/mol. The number of aryl methyl sites for hydroxylation is 2. The molecule has 6 rings (SSSR count). The Morgan fingerprint density at radius 1 is 0.538 bits per heavy atom. The molecule has 4 aromatic rings. The van der Waals surface area contributed by atoms with Crippen molar-refractivity contribution in [3.05, 3.63) is 151 Å². The van der Waals surface area contributed by atoms with Gasteiger partial charge in [-0.05, 0) is 0 Å². The van der Waals surface area contributed by atoms with Gasteiger partial charge in [0.05, 0.1) is 0 Å². The quantitative estimate of drug-likeness (QED) is 0.204. The normalized spacial score (nSPS) is 14.3. The molecule has 0 bridgehead atoms. The van der Waals surface area contributed by atoms with Crippen LogP contribution in [0.4, 0.5) is 0 Å². The second-order valence-corrected chi connectivity index (χ2v) is 17.4. The summed E-state index contributed by atoms with van der Waals surface area (Å²) in [7, 11) is 0. The van der Waals surface area contributed by atoms with Gasteiger partial charge in [0.2, 0.25) is 0 Å². The number of benzene rings is 4. The third-order valence-corrected chi connectivity index (χ3v) is 15.8. The molecule has 0 saturated heterocycles. The Balaban J connectivity index is 1.51. The van der Waals surface area contributed by atoms with Crippen molar-refractivity contribution >= 4 is 0 Å². The Labute approximate surface area is 237 Å². The number of hydrogen-bond donors (Lipinski definition) is 0. The molecule has 0 unspecified atom stereocenters. The van der Waals surface area contributed by atoms with Gasteiger partial charge >= 0.3 is 238 Å². The van der Waals surface area contributed by atoms with Crippen molar-refractivity contribution in [2.24, 2.45) is 0 Å². The van der Waals surface area contributed by atoms with Crippen LogP contribution in [0.25, 0.3) is 22.3 Å². The molecule has 0 N–H and O–H groups in total. The SMILES string of the molecule is Cc1cccc(-c2ccccc2[O][Zr]([O]c2ccccc2-c2cccc(C)c2)([C]2=CC=CC2)[C]2=CC=CC2)c1. The molecule has 2 aliphatic rings. The third-order valence-electron chi connectivity index (χ3n) is 7.33. The second kappa shape index (κ2) is 11.2. The van der Waals surface area contributed by atoms with Crippen LogP contribution in [0.2, 0.25) is 0 Å². The molecule has 192 valence electrons. The molecule has 0 fully saturated rings. The Kier molecular flexibility index (Phi) is 7.35. The first-order valence-corrected chi connectivity index (χ1v) is 18.0. The first kappa shape index (κ1) is 25.6. The van der Waals surface area contributed by atoms with E-state index in [2.05, 4.69) is 147 Å². The molecule has 2 nitrogen and oxygen atoms in total. The van der Waals surface area contributed by atoms with E-state index in [-0.39, 0.29) is 0 Å². The van der Waals surface area contributed by atoms with E-state index in [0.717, 1.165) is 46.6 Å². The molecule has 39 heavy (non-hydrogen) atoms. The maximum absolute atomic E-state index is 7.39. The van der Waals surface area contributed by atoms with Crippen molar-refractivity contribution in [1.82, 2.24) is 0 Å². The predicted molar refractivity (Wildman–Crippen MR) is 158 cm³/mol. The molecule has 0 atom stereocenters. The Morgan fingerprint density at radius 2 is 1.00 bits per heavy atom. The molecular formula is C36H32O2Zr. The van der Waals surface area contributed by atoms with Gasteiger partial charge in [-0.1, -0.05) is 0 Å². The fourth-order valence-electron chi connectivity index (χ4n) is 5.40. The summed E-state index contributed by atoms with van der Waals surface area (Å²) in [6.45, 7) is 4.26. The van der Waals surface area contributed by atoms with Crippen LogP contribution in [0.1, 0.15) is 24.0 Å². The van der Waals surface area contributed by atoms with Crippen molar-refractivity contribution in [3.63, 3.8) is 0 Å². The van der Waals surface area contributed by atoms with Gasteiger partial charge in [0.25, 0.3) is 0 Å². The molecule has 0 aliphatic heterocycles. The summed E-state index contributed by atoms with van der Waals surface area (Å²) in [6, 6.07) is 34.1. The number of allylic oxidation sites excluding steroid dienone is 8. The van der Waals surface area contributed by atoms with Gasteiger partial charge in [-0.25, -0.2) is 0 Å². The first-order valence-electron chi connectivity index (χ1n) is 13.5. The summed E-state index contributed by atoms with van der Waals surface area (Å²) < 4.78 is 17.3. The van der Waals surface area contributed by atoms with Gasteiger partial charge in [0.1, 0.15) is 0 Å². The molecule has 0 amide bonds. The standard InChI is InChI=1S/2C13H12O.2C5H5.Zr/c2*1-10-5-4-6-11(9-10)12-7-2-3-8-13(12)14;2*1-2-4-5-3-1;/h2*2-9,14H,1H3;2*1-3H,4H2;/q;;;;+2/p-2. The zero-order chi connectivity index (χ0) is 26.7. The van der Waals surface area contributed by atoms with Crippen molar-refractivity contribution < 1.29 is 26.8 Å². The van der Waals surface area contributed by atoms with E-state index in [1.54, 1.807) is 0 Å². The van der Waals surface area contributed by atoms with E-state index in [1.165, 1.54) is 17.7 Å². The number of rotatable bonds is 8. The second-order valence-electron chi connectivity index (χ2n) is 10.2. The predicted octanol–water partition coefficient (Wildman–Crippen LogP) is 9.77. The first-order chi connectivity index (χ1) is 19.1. The number of hydrogen-bond acceptors (Lipinski definition) is 2. The van der Waals surface area contributed by atoms with E-state index < -0.39 is 21.1 Å². The van der Waals surface area contributed by atoms with Gasteiger partial charge in [-0.15, -0.1) is 0 Å². The molecule has 3 heteroatoms.